The number of amidine groups is 1. The van der Waals surface area contributed by atoms with Crippen molar-refractivity contribution in [2.24, 2.45) is 10.9 Å². The van der Waals surface area contributed by atoms with Gasteiger partial charge in [0.2, 0.25) is 0 Å². The smallest absolute Gasteiger partial charge is 0.170 e. The molecule has 0 unspecified atom stereocenters. The van der Waals surface area contributed by atoms with Gasteiger partial charge in [-0.05, 0) is 5.56 Å². The molecule has 0 heterocycles. The Morgan fingerprint density at radius 2 is 1.67 bits per heavy atom. The molecule has 4 N–H and O–H groups in total. The molecule has 0 atom stereocenters. The third-order valence-corrected chi connectivity index (χ3v) is 2.85. The van der Waals surface area contributed by atoms with Crippen LogP contribution in [-0.4, -0.2) is 11.0 Å². The summed E-state index contributed by atoms with van der Waals surface area (Å²) in [6.45, 7) is 0.207. The first-order valence-electron chi connectivity index (χ1n) is 5.96. The van der Waals surface area contributed by atoms with Crippen molar-refractivity contribution in [3.63, 3.8) is 0 Å². The summed E-state index contributed by atoms with van der Waals surface area (Å²) in [5.41, 5.74) is 6.57. The number of rotatable bonds is 4. The molecule has 4 nitrogen and oxygen atoms in total. The maximum Gasteiger partial charge on any atom is 0.170 e. The first-order chi connectivity index (χ1) is 10.0. The van der Waals surface area contributed by atoms with Gasteiger partial charge < -0.3 is 16.3 Å². The average molecular weight is 295 g/mol. The first-order valence-corrected chi connectivity index (χ1v) is 5.96. The van der Waals surface area contributed by atoms with Gasteiger partial charge in [0.05, 0.1) is 5.69 Å². The van der Waals surface area contributed by atoms with Crippen LogP contribution < -0.4 is 11.1 Å². The normalized spacial score (nSPS) is 11.5. The Labute approximate surface area is 118 Å². The quantitative estimate of drug-likeness (QED) is 0.267. The fourth-order valence-corrected chi connectivity index (χ4v) is 1.71. The standard InChI is InChI=1S/C14H12F3N3O/c15-10-5-12(17)13(6-11(10)16)19-7-8-1-3-9(4-2-8)14(18)20-21/h1-6,19,21H,7H2,(H2,18,20). The number of oxime groups is 1. The van der Waals surface area contributed by atoms with Crippen molar-refractivity contribution in [1.29, 1.82) is 0 Å². The van der Waals surface area contributed by atoms with Gasteiger partial charge >= 0.3 is 0 Å². The molecule has 0 spiro atoms. The predicted octanol–water partition coefficient (Wildman–Crippen LogP) is 2.81. The van der Waals surface area contributed by atoms with Gasteiger partial charge in [0.1, 0.15) is 5.82 Å². The van der Waals surface area contributed by atoms with E-state index in [1.165, 1.54) is 0 Å². The van der Waals surface area contributed by atoms with Crippen LogP contribution in [0.4, 0.5) is 18.9 Å². The fraction of sp³-hybridized carbons (Fsp3) is 0.0714. The van der Waals surface area contributed by atoms with Gasteiger partial charge in [-0.15, -0.1) is 0 Å². The van der Waals surface area contributed by atoms with Gasteiger partial charge in [0.15, 0.2) is 17.5 Å². The van der Waals surface area contributed by atoms with Crippen molar-refractivity contribution < 1.29 is 18.4 Å². The summed E-state index contributed by atoms with van der Waals surface area (Å²) < 4.78 is 39.2. The molecule has 2 aromatic rings. The molecule has 0 fully saturated rings. The van der Waals surface area contributed by atoms with E-state index in [0.29, 0.717) is 11.6 Å². The lowest BCUT2D eigenvalue weighted by molar-refractivity contribution is 0.318. The average Bonchev–Trinajstić information content (AvgIpc) is 2.49. The van der Waals surface area contributed by atoms with Crippen molar-refractivity contribution in [2.45, 2.75) is 6.54 Å². The molecular weight excluding hydrogens is 283 g/mol. The predicted molar refractivity (Wildman–Crippen MR) is 72.6 cm³/mol. The highest BCUT2D eigenvalue weighted by Gasteiger charge is 2.09. The highest BCUT2D eigenvalue weighted by Crippen LogP contribution is 2.19. The van der Waals surface area contributed by atoms with Crippen molar-refractivity contribution in [2.75, 3.05) is 5.32 Å². The van der Waals surface area contributed by atoms with E-state index in [4.69, 9.17) is 10.9 Å². The second-order valence-corrected chi connectivity index (χ2v) is 4.28. The van der Waals surface area contributed by atoms with Crippen LogP contribution in [0.3, 0.4) is 0 Å². The zero-order chi connectivity index (χ0) is 15.4. The van der Waals surface area contributed by atoms with Gasteiger partial charge in [-0.2, -0.15) is 0 Å². The van der Waals surface area contributed by atoms with Crippen LogP contribution in [0, 0.1) is 17.5 Å². The largest absolute Gasteiger partial charge is 0.409 e. The van der Waals surface area contributed by atoms with Crippen molar-refractivity contribution in [3.8, 4) is 0 Å². The van der Waals surface area contributed by atoms with E-state index in [9.17, 15) is 13.2 Å². The molecule has 2 rings (SSSR count). The highest BCUT2D eigenvalue weighted by molar-refractivity contribution is 5.96. The van der Waals surface area contributed by atoms with Gasteiger partial charge in [0, 0.05) is 24.2 Å². The Morgan fingerprint density at radius 1 is 1.05 bits per heavy atom. The molecule has 0 bridgehead atoms. The zero-order valence-electron chi connectivity index (χ0n) is 10.8. The first kappa shape index (κ1) is 14.7. The molecule has 7 heteroatoms. The second-order valence-electron chi connectivity index (χ2n) is 4.28. The maximum absolute atomic E-state index is 13.4. The monoisotopic (exact) mass is 295 g/mol. The molecule has 0 amide bonds. The molecule has 0 aliphatic carbocycles. The van der Waals surface area contributed by atoms with E-state index in [-0.39, 0.29) is 18.1 Å². The number of halogens is 3. The molecule has 0 aliphatic heterocycles. The number of anilines is 1. The fourth-order valence-electron chi connectivity index (χ4n) is 1.71. The maximum atomic E-state index is 13.4. The zero-order valence-corrected chi connectivity index (χ0v) is 10.8. The van der Waals surface area contributed by atoms with Gasteiger partial charge in [0.25, 0.3) is 0 Å². The van der Waals surface area contributed by atoms with Crippen molar-refractivity contribution >= 4 is 11.5 Å². The number of nitrogens with one attached hydrogen (secondary N) is 1. The summed E-state index contributed by atoms with van der Waals surface area (Å²) in [5.74, 6) is -3.26. The lowest BCUT2D eigenvalue weighted by Gasteiger charge is -2.09. The van der Waals surface area contributed by atoms with Gasteiger partial charge in [-0.3, -0.25) is 0 Å². The number of nitrogens with two attached hydrogens (primary N) is 1. The topological polar surface area (TPSA) is 70.6 Å². The Hall–Kier alpha value is -2.70. The molecule has 0 aromatic heterocycles. The van der Waals surface area contributed by atoms with Crippen LogP contribution in [0.5, 0.6) is 0 Å². The van der Waals surface area contributed by atoms with E-state index in [1.54, 1.807) is 24.3 Å². The molecule has 0 saturated heterocycles. The van der Waals surface area contributed by atoms with Crippen molar-refractivity contribution in [1.82, 2.24) is 0 Å². The van der Waals surface area contributed by atoms with Crippen LogP contribution in [0.15, 0.2) is 41.6 Å². The lowest BCUT2D eigenvalue weighted by Crippen LogP contribution is -2.13. The van der Waals surface area contributed by atoms with Crippen LogP contribution in [0.2, 0.25) is 0 Å². The number of hydrogen-bond donors (Lipinski definition) is 3. The van der Waals surface area contributed by atoms with E-state index in [0.717, 1.165) is 11.6 Å². The summed E-state index contributed by atoms with van der Waals surface area (Å²) in [5, 5.41) is 14.1. The number of benzene rings is 2. The van der Waals surface area contributed by atoms with Crippen molar-refractivity contribution in [3.05, 3.63) is 65.0 Å². The van der Waals surface area contributed by atoms with E-state index >= 15 is 0 Å². The lowest BCUT2D eigenvalue weighted by atomic mass is 10.1. The minimum atomic E-state index is -1.24. The Balaban J connectivity index is 2.08. The van der Waals surface area contributed by atoms with Crippen LogP contribution in [0.25, 0.3) is 0 Å². The number of hydrogen-bond acceptors (Lipinski definition) is 3. The summed E-state index contributed by atoms with van der Waals surface area (Å²) in [4.78, 5) is 0. The minimum absolute atomic E-state index is 0.0267. The van der Waals surface area contributed by atoms with E-state index in [1.807, 2.05) is 0 Å². The Bertz CT molecular complexity index is 672. The third kappa shape index (κ3) is 3.44. The highest BCUT2D eigenvalue weighted by atomic mass is 19.2. The van der Waals surface area contributed by atoms with Gasteiger partial charge in [-0.25, -0.2) is 13.2 Å². The molecule has 0 radical (unpaired) electrons. The minimum Gasteiger partial charge on any atom is -0.409 e. The molecule has 21 heavy (non-hydrogen) atoms. The molecule has 110 valence electrons. The van der Waals surface area contributed by atoms with Crippen LogP contribution >= 0.6 is 0 Å². The Kier molecular flexibility index (Phi) is 4.32. The van der Waals surface area contributed by atoms with Gasteiger partial charge in [-0.1, -0.05) is 29.4 Å². The summed E-state index contributed by atoms with van der Waals surface area (Å²) in [7, 11) is 0. The van der Waals surface area contributed by atoms with Crippen LogP contribution in [0.1, 0.15) is 11.1 Å². The molecule has 0 saturated carbocycles. The summed E-state index contributed by atoms with van der Waals surface area (Å²) in [6.07, 6.45) is 0. The van der Waals surface area contributed by atoms with E-state index in [2.05, 4.69) is 10.5 Å². The summed E-state index contributed by atoms with van der Waals surface area (Å²) in [6, 6.07) is 7.84. The second kappa shape index (κ2) is 6.17. The van der Waals surface area contributed by atoms with Crippen LogP contribution in [-0.2, 0) is 6.54 Å². The van der Waals surface area contributed by atoms with E-state index < -0.39 is 17.5 Å². The summed E-state index contributed by atoms with van der Waals surface area (Å²) >= 11 is 0. The third-order valence-electron chi connectivity index (χ3n) is 2.85. The molecular formula is C14H12F3N3O. The molecule has 0 aliphatic rings. The SMILES string of the molecule is NC(=NO)c1ccc(CNc2cc(F)c(F)cc2F)cc1. The number of nitrogens with zero attached hydrogens (tertiary/aromatic N) is 1. The molecule has 2 aromatic carbocycles. The Morgan fingerprint density at radius 3 is 2.29 bits per heavy atom.